The molecule has 1 saturated carbocycles. The standard InChI is InChI=1S/C25H33ClN2O7S/c1-32-22-11-9-18(26)15-21(22)28(17-25(29)27-13-6-14-35-19-7-4-5-8-19)36(30,31)20-10-12-23(33-2)24(16-20)34-3/h9-12,15-16,19H,4-8,13-14,17H2,1-3H3,(H,27,29). The van der Waals surface area contributed by atoms with E-state index < -0.39 is 22.5 Å². The number of nitrogens with zero attached hydrogens (tertiary/aromatic N) is 1. The Kier molecular flexibility index (Phi) is 10.1. The van der Waals surface area contributed by atoms with Crippen molar-refractivity contribution < 1.29 is 32.2 Å². The fourth-order valence-electron chi connectivity index (χ4n) is 4.05. The smallest absolute Gasteiger partial charge is 0.265 e. The Labute approximate surface area is 217 Å². The average molecular weight is 541 g/mol. The molecule has 1 aliphatic rings. The van der Waals surface area contributed by atoms with Crippen molar-refractivity contribution in [1.29, 1.82) is 0 Å². The van der Waals surface area contributed by atoms with Crippen molar-refractivity contribution in [3.8, 4) is 17.2 Å². The molecule has 0 spiro atoms. The number of halogens is 1. The Morgan fingerprint density at radius 2 is 1.67 bits per heavy atom. The van der Waals surface area contributed by atoms with Gasteiger partial charge in [-0.2, -0.15) is 0 Å². The van der Waals surface area contributed by atoms with Gasteiger partial charge in [-0.15, -0.1) is 0 Å². The van der Waals surface area contributed by atoms with E-state index in [0.717, 1.165) is 17.1 Å². The minimum Gasteiger partial charge on any atom is -0.495 e. The van der Waals surface area contributed by atoms with Gasteiger partial charge in [0.15, 0.2) is 11.5 Å². The Balaban J connectivity index is 1.81. The monoisotopic (exact) mass is 540 g/mol. The summed E-state index contributed by atoms with van der Waals surface area (Å²) in [4.78, 5) is 12.8. The molecule has 0 saturated heterocycles. The van der Waals surface area contributed by atoms with Crippen LogP contribution in [-0.2, 0) is 19.6 Å². The summed E-state index contributed by atoms with van der Waals surface area (Å²) in [5, 5.41) is 3.08. The van der Waals surface area contributed by atoms with E-state index in [1.165, 1.54) is 58.4 Å². The fraction of sp³-hybridized carbons (Fsp3) is 0.480. The molecule has 3 rings (SSSR count). The summed E-state index contributed by atoms with van der Waals surface area (Å²) in [6.07, 6.45) is 5.48. The fourth-order valence-corrected chi connectivity index (χ4v) is 5.66. The number of sulfonamides is 1. The lowest BCUT2D eigenvalue weighted by Crippen LogP contribution is -2.41. The summed E-state index contributed by atoms with van der Waals surface area (Å²) >= 11 is 6.18. The summed E-state index contributed by atoms with van der Waals surface area (Å²) in [5.41, 5.74) is 0.138. The van der Waals surface area contributed by atoms with Crippen LogP contribution >= 0.6 is 11.6 Å². The van der Waals surface area contributed by atoms with E-state index >= 15 is 0 Å². The van der Waals surface area contributed by atoms with Crippen molar-refractivity contribution in [1.82, 2.24) is 5.32 Å². The molecule has 9 nitrogen and oxygen atoms in total. The number of carbonyl (C=O) groups is 1. The van der Waals surface area contributed by atoms with Crippen LogP contribution in [0.2, 0.25) is 5.02 Å². The molecule has 1 amide bonds. The Bertz CT molecular complexity index is 1140. The van der Waals surface area contributed by atoms with Gasteiger partial charge in [-0.1, -0.05) is 24.4 Å². The SMILES string of the molecule is COc1ccc(S(=O)(=O)N(CC(=O)NCCCOC2CCCC2)c2cc(Cl)ccc2OC)cc1OC. The van der Waals surface area contributed by atoms with E-state index in [1.807, 2.05) is 0 Å². The zero-order valence-electron chi connectivity index (χ0n) is 20.8. The molecule has 0 unspecified atom stereocenters. The Morgan fingerprint density at radius 3 is 2.33 bits per heavy atom. The van der Waals surface area contributed by atoms with Crippen LogP contribution < -0.4 is 23.8 Å². The number of benzene rings is 2. The van der Waals surface area contributed by atoms with Gasteiger partial charge in [-0.25, -0.2) is 8.42 Å². The number of nitrogens with one attached hydrogen (secondary N) is 1. The minimum absolute atomic E-state index is 0.0834. The lowest BCUT2D eigenvalue weighted by molar-refractivity contribution is -0.119. The largest absolute Gasteiger partial charge is 0.495 e. The second kappa shape index (κ2) is 13.0. The molecule has 36 heavy (non-hydrogen) atoms. The summed E-state index contributed by atoms with van der Waals surface area (Å²) in [6, 6.07) is 8.79. The Hall–Kier alpha value is -2.69. The van der Waals surface area contributed by atoms with E-state index in [4.69, 9.17) is 30.5 Å². The number of rotatable bonds is 13. The number of ether oxygens (including phenoxy) is 4. The van der Waals surface area contributed by atoms with Gasteiger partial charge < -0.3 is 24.3 Å². The summed E-state index contributed by atoms with van der Waals surface area (Å²) < 4.78 is 50.2. The van der Waals surface area contributed by atoms with E-state index in [-0.39, 0.29) is 22.1 Å². The highest BCUT2D eigenvalue weighted by molar-refractivity contribution is 7.92. The highest BCUT2D eigenvalue weighted by atomic mass is 35.5. The maximum atomic E-state index is 13.8. The van der Waals surface area contributed by atoms with E-state index in [2.05, 4.69) is 5.32 Å². The van der Waals surface area contributed by atoms with Gasteiger partial charge in [-0.3, -0.25) is 9.10 Å². The zero-order valence-corrected chi connectivity index (χ0v) is 22.4. The minimum atomic E-state index is -4.23. The van der Waals surface area contributed by atoms with Crippen LogP contribution in [0.25, 0.3) is 0 Å². The van der Waals surface area contributed by atoms with Crippen molar-refractivity contribution in [2.24, 2.45) is 0 Å². The average Bonchev–Trinajstić information content (AvgIpc) is 3.40. The van der Waals surface area contributed by atoms with Gasteiger partial charge in [0.2, 0.25) is 5.91 Å². The van der Waals surface area contributed by atoms with Crippen LogP contribution in [0.15, 0.2) is 41.3 Å². The molecule has 0 aliphatic heterocycles. The predicted octanol–water partition coefficient (Wildman–Crippen LogP) is 4.03. The third-order valence-electron chi connectivity index (χ3n) is 5.94. The second-order valence-corrected chi connectivity index (χ2v) is 10.6. The lowest BCUT2D eigenvalue weighted by Gasteiger charge is -2.26. The molecule has 0 radical (unpaired) electrons. The molecular weight excluding hydrogens is 508 g/mol. The lowest BCUT2D eigenvalue weighted by atomic mass is 10.3. The highest BCUT2D eigenvalue weighted by Crippen LogP contribution is 2.37. The van der Waals surface area contributed by atoms with Crippen molar-refractivity contribution in [3.05, 3.63) is 41.4 Å². The van der Waals surface area contributed by atoms with Crippen LogP contribution in [0, 0.1) is 0 Å². The third-order valence-corrected chi connectivity index (χ3v) is 7.93. The molecule has 1 aliphatic carbocycles. The highest BCUT2D eigenvalue weighted by Gasteiger charge is 2.30. The number of hydrogen-bond acceptors (Lipinski definition) is 7. The van der Waals surface area contributed by atoms with Crippen LogP contribution in [0.3, 0.4) is 0 Å². The van der Waals surface area contributed by atoms with Gasteiger partial charge in [-0.05, 0) is 49.6 Å². The first kappa shape index (κ1) is 27.9. The van der Waals surface area contributed by atoms with Gasteiger partial charge in [0, 0.05) is 24.2 Å². The molecule has 0 bridgehead atoms. The van der Waals surface area contributed by atoms with Crippen molar-refractivity contribution in [3.63, 3.8) is 0 Å². The maximum Gasteiger partial charge on any atom is 0.265 e. The Morgan fingerprint density at radius 1 is 1.00 bits per heavy atom. The molecule has 0 atom stereocenters. The molecule has 2 aromatic rings. The zero-order chi connectivity index (χ0) is 26.1. The van der Waals surface area contributed by atoms with Gasteiger partial charge >= 0.3 is 0 Å². The third kappa shape index (κ3) is 6.96. The quantitative estimate of drug-likeness (QED) is 0.383. The number of hydrogen-bond donors (Lipinski definition) is 1. The first-order chi connectivity index (χ1) is 17.3. The van der Waals surface area contributed by atoms with E-state index in [1.54, 1.807) is 12.1 Å². The van der Waals surface area contributed by atoms with Crippen molar-refractivity contribution >= 4 is 33.2 Å². The molecule has 1 fully saturated rings. The van der Waals surface area contributed by atoms with Crippen LogP contribution in [0.5, 0.6) is 17.2 Å². The first-order valence-corrected chi connectivity index (χ1v) is 13.6. The maximum absolute atomic E-state index is 13.8. The van der Waals surface area contributed by atoms with Crippen LogP contribution in [-0.4, -0.2) is 61.5 Å². The van der Waals surface area contributed by atoms with Crippen molar-refractivity contribution in [2.75, 3.05) is 45.3 Å². The number of amides is 1. The topological polar surface area (TPSA) is 103 Å². The molecule has 0 aromatic heterocycles. The van der Waals surface area contributed by atoms with Crippen LogP contribution in [0.1, 0.15) is 32.1 Å². The van der Waals surface area contributed by atoms with Gasteiger partial charge in [0.05, 0.1) is 38.0 Å². The molecule has 1 N–H and O–H groups in total. The van der Waals surface area contributed by atoms with Gasteiger partial charge in [0.25, 0.3) is 10.0 Å². The van der Waals surface area contributed by atoms with Gasteiger partial charge in [0.1, 0.15) is 12.3 Å². The number of carbonyl (C=O) groups excluding carboxylic acids is 1. The van der Waals surface area contributed by atoms with Crippen LogP contribution in [0.4, 0.5) is 5.69 Å². The van der Waals surface area contributed by atoms with E-state index in [9.17, 15) is 13.2 Å². The molecule has 2 aromatic carbocycles. The van der Waals surface area contributed by atoms with Crippen molar-refractivity contribution in [2.45, 2.75) is 43.1 Å². The molecule has 0 heterocycles. The second-order valence-electron chi connectivity index (χ2n) is 8.33. The molecule has 198 valence electrons. The molecule has 11 heteroatoms. The summed E-state index contributed by atoms with van der Waals surface area (Å²) in [5.74, 6) is 0.396. The normalized spacial score (nSPS) is 13.9. The predicted molar refractivity (Wildman–Crippen MR) is 138 cm³/mol. The number of methoxy groups -OCH3 is 3. The molecular formula is C25H33ClN2O7S. The first-order valence-electron chi connectivity index (χ1n) is 11.8. The summed E-state index contributed by atoms with van der Waals surface area (Å²) in [6.45, 7) is 0.431. The number of anilines is 1. The van der Waals surface area contributed by atoms with E-state index in [0.29, 0.717) is 36.4 Å². The summed E-state index contributed by atoms with van der Waals surface area (Å²) in [7, 11) is 0.0555.